The van der Waals surface area contributed by atoms with Crippen LogP contribution in [-0.4, -0.2) is 64.2 Å². The number of rotatable bonds is 0. The second kappa shape index (κ2) is 37.6. The molecule has 99 valence electrons. The Kier molecular flexibility index (Phi) is 111. The van der Waals surface area contributed by atoms with Crippen LogP contribution in [-0.2, 0) is 0 Å². The van der Waals surface area contributed by atoms with E-state index < -0.39 is 15.3 Å². The molecule has 0 bridgehead atoms. The van der Waals surface area contributed by atoms with Gasteiger partial charge in [0.2, 0.25) is 0 Å². The van der Waals surface area contributed by atoms with Gasteiger partial charge in [-0.15, -0.1) is 10.1 Å². The van der Waals surface area contributed by atoms with Crippen molar-refractivity contribution < 1.29 is 36.9 Å². The molecule has 0 atom stereocenters. The Hall–Kier alpha value is -1.60. The van der Waals surface area contributed by atoms with Gasteiger partial charge in [-0.25, -0.2) is 0 Å². The molecule has 0 aromatic carbocycles. The molecule has 1 radical (unpaired) electrons. The van der Waals surface area contributed by atoms with Crippen LogP contribution >= 0.6 is 0 Å². The fraction of sp³-hybridized carbons (Fsp3) is 0. The molecule has 0 rings (SSSR count). The fourth-order valence-corrected chi connectivity index (χ4v) is 0. The minimum absolute atomic E-state index is 0. The van der Waals surface area contributed by atoms with Crippen molar-refractivity contribution in [3.8, 4) is 0 Å². The van der Waals surface area contributed by atoms with Crippen molar-refractivity contribution in [1.82, 2.24) is 0 Å². The molecule has 0 heterocycles. The van der Waals surface area contributed by atoms with E-state index in [0.717, 1.165) is 0 Å². The Labute approximate surface area is 105 Å². The molecule has 0 fully saturated rings. The van der Waals surface area contributed by atoms with Crippen LogP contribution in [0, 0.1) is 40.8 Å². The molecule has 0 saturated heterocycles. The van der Waals surface area contributed by atoms with Crippen LogP contribution in [0.4, 0.5) is 0 Å². The van der Waals surface area contributed by atoms with E-state index in [9.17, 15) is 0 Å². The van der Waals surface area contributed by atoms with Crippen molar-refractivity contribution in [3.05, 3.63) is 40.8 Å². The number of nitrogens with zero attached hydrogens (tertiary/aromatic N) is 3. The summed E-state index contributed by atoms with van der Waals surface area (Å²) in [5, 5.41) is 43.1. The van der Waals surface area contributed by atoms with Crippen molar-refractivity contribution in [2.45, 2.75) is 0 Å². The van der Waals surface area contributed by atoms with Gasteiger partial charge in [0.25, 0.3) is 5.09 Å². The average Bonchev–Trinajstić information content (AvgIpc) is 1.54. The minimum atomic E-state index is -1.75. The molecule has 15 nitrogen and oxygen atoms in total. The molecular weight excluding hydrogens is 438 g/mol. The largest absolute Gasteiger partial charge is 0.412 e. The third-order valence-corrected chi connectivity index (χ3v) is 0. The van der Waals surface area contributed by atoms with Crippen LogP contribution < -0.4 is 0 Å². The van der Waals surface area contributed by atoms with Crippen molar-refractivity contribution >= 4 is 27.3 Å². The van der Waals surface area contributed by atoms with E-state index in [1.807, 2.05) is 0 Å². The van der Waals surface area contributed by atoms with Crippen LogP contribution in [0.25, 0.3) is 0 Å². The molecule has 0 saturated carbocycles. The molecule has 16 heteroatoms. The topological polar surface area (TPSA) is 290 Å². The zero-order valence-electron chi connectivity index (χ0n) is 7.13. The normalized spacial score (nSPS) is 4.50. The van der Waals surface area contributed by atoms with Gasteiger partial charge in [-0.1, -0.05) is 0 Å². The number of hydrogen-bond acceptors (Lipinski definition) is 8. The first-order valence-corrected chi connectivity index (χ1v) is 1.66. The average molecular weight is 445 g/mol. The summed E-state index contributed by atoms with van der Waals surface area (Å²) in [7, 11) is 0. The summed E-state index contributed by atoms with van der Waals surface area (Å²) in [6, 6.07) is 0. The van der Waals surface area contributed by atoms with Gasteiger partial charge in [0.05, 0.1) is 10.2 Å². The zero-order valence-corrected chi connectivity index (χ0v) is 11.6. The Balaban J connectivity index is -0.0000000135. The van der Waals surface area contributed by atoms with Crippen LogP contribution in [0.15, 0.2) is 0 Å². The first-order chi connectivity index (χ1) is 5.20. The summed E-state index contributed by atoms with van der Waals surface area (Å²) in [6.07, 6.45) is 0. The van der Waals surface area contributed by atoms with Crippen molar-refractivity contribution in [1.29, 1.82) is 0 Å². The van der Waals surface area contributed by atoms with E-state index in [1.165, 1.54) is 0 Å². The van der Waals surface area contributed by atoms with Crippen LogP contribution in [0.3, 0.4) is 0 Å². The summed E-state index contributed by atoms with van der Waals surface area (Å²) in [4.78, 5) is 24.9. The summed E-state index contributed by atoms with van der Waals surface area (Å²) in [5.74, 6) is 0. The van der Waals surface area contributed by atoms with E-state index >= 15 is 0 Å². The second-order valence-electron chi connectivity index (χ2n) is 0.685. The van der Waals surface area contributed by atoms with Gasteiger partial charge in [-0.05, 0) is 0 Å². The maximum absolute atomic E-state index is 8.36. The maximum atomic E-state index is 8.36. The molecule has 0 aliphatic heterocycles. The third-order valence-electron chi connectivity index (χ3n) is 0. The first kappa shape index (κ1) is 47.2. The van der Waals surface area contributed by atoms with E-state index in [4.69, 9.17) is 46.0 Å². The van der Waals surface area contributed by atoms with Crippen LogP contribution in [0.1, 0.15) is 0 Å². The minimum Gasteiger partial charge on any atom is -0.412 e. The molecule has 0 aromatic rings. The molecule has 0 unspecified atom stereocenters. The summed E-state index contributed by atoms with van der Waals surface area (Å²) in [5.41, 5.74) is 0. The van der Waals surface area contributed by atoms with Crippen molar-refractivity contribution in [2.75, 3.05) is 0 Å². The van der Waals surface area contributed by atoms with E-state index in [1.54, 1.807) is 0 Å². The second-order valence-corrected chi connectivity index (χ2v) is 0.685. The van der Waals surface area contributed by atoms with Gasteiger partial charge in [0.15, 0.2) is 0 Å². The summed E-state index contributed by atoms with van der Waals surface area (Å²) < 4.78 is 0. The monoisotopic (exact) mass is 446 g/mol. The molecule has 0 aromatic heterocycles. The van der Waals surface area contributed by atoms with E-state index in [-0.39, 0.29) is 43.7 Å². The Bertz CT molecular complexity index is 114. The molecule has 0 aliphatic carbocycles. The predicted octanol–water partition coefficient (Wildman–Crippen LogP) is -3.68. The summed E-state index contributed by atoms with van der Waals surface area (Å²) >= 11 is 0. The van der Waals surface area contributed by atoms with Crippen molar-refractivity contribution in [2.24, 2.45) is 0 Å². The molecule has 0 spiro atoms. The molecule has 0 amide bonds. The predicted molar refractivity (Wildman–Crippen MR) is 46.1 cm³/mol. The number of hydrogen-bond donors (Lipinski definition) is 1. The maximum Gasteiger partial charge on any atom is 0.291 e. The van der Waals surface area contributed by atoms with Gasteiger partial charge in [0.1, 0.15) is 0 Å². The van der Waals surface area contributed by atoms with Gasteiger partial charge in [-0.2, -0.15) is 0 Å². The van der Waals surface area contributed by atoms with E-state index in [2.05, 4.69) is 0 Å². The summed E-state index contributed by atoms with van der Waals surface area (Å²) in [6.45, 7) is 0. The zero-order chi connectivity index (χ0) is 10.7. The Morgan fingerprint density at radius 2 is 0.688 bits per heavy atom. The molecular formula is H7N3O12Tl-2. The van der Waals surface area contributed by atoms with E-state index in [0.29, 0.717) is 0 Å². The molecule has 7 N–H and O–H groups in total. The van der Waals surface area contributed by atoms with Gasteiger partial charge >= 0.3 is 0 Å². The fourth-order valence-electron chi connectivity index (χ4n) is 0. The standard InChI is InChI=1S/HNO3.2NO3.3H2O.Tl/c3*2-1(3)4;;;;/h(H,2,3,4);;;3*1H2;/q;2*-1;;;;. The van der Waals surface area contributed by atoms with Crippen LogP contribution in [0.5, 0.6) is 0 Å². The van der Waals surface area contributed by atoms with Crippen LogP contribution in [0.2, 0.25) is 0 Å². The molecule has 0 aliphatic rings. The third kappa shape index (κ3) is 631. The van der Waals surface area contributed by atoms with Gasteiger partial charge < -0.3 is 52.3 Å². The van der Waals surface area contributed by atoms with Gasteiger partial charge in [-0.3, -0.25) is 0 Å². The Morgan fingerprint density at radius 3 is 0.688 bits per heavy atom. The molecule has 16 heavy (non-hydrogen) atoms. The van der Waals surface area contributed by atoms with Gasteiger partial charge in [0, 0.05) is 27.3 Å². The van der Waals surface area contributed by atoms with Crippen molar-refractivity contribution in [3.63, 3.8) is 0 Å². The smallest absolute Gasteiger partial charge is 0.291 e. The Morgan fingerprint density at radius 1 is 0.688 bits per heavy atom. The quantitative estimate of drug-likeness (QED) is 0.218. The first-order valence-electron chi connectivity index (χ1n) is 1.66. The SMILES string of the molecule is O.O.O.O=[N+]([O-])O.O=[N+]([O-])[O-].O=[N+]([O-])[O-].[Tl].